The number of alkyl halides is 3. The summed E-state index contributed by atoms with van der Waals surface area (Å²) in [7, 11) is 1.88. The fraction of sp³-hybridized carbons (Fsp3) is 0.462. The van der Waals surface area contributed by atoms with Crippen LogP contribution >= 0.6 is 12.2 Å². The Hall–Kier alpha value is -1.14. The predicted octanol–water partition coefficient (Wildman–Crippen LogP) is 3.06. The number of nitrogens with zero attached hydrogens (tertiary/aromatic N) is 1. The second kappa shape index (κ2) is 6.34. The second-order valence-electron chi connectivity index (χ2n) is 4.69. The molecule has 0 saturated carbocycles. The molecule has 0 fully saturated rings. The van der Waals surface area contributed by atoms with Gasteiger partial charge < -0.3 is 10.6 Å². The summed E-state index contributed by atoms with van der Waals surface area (Å²) < 4.78 is 37.2. The van der Waals surface area contributed by atoms with Gasteiger partial charge in [0.15, 0.2) is 0 Å². The number of nitrogens with two attached hydrogens (primary N) is 1. The molecule has 0 radical (unpaired) electrons. The highest BCUT2D eigenvalue weighted by molar-refractivity contribution is 7.80. The van der Waals surface area contributed by atoms with E-state index in [-0.39, 0.29) is 5.92 Å². The fourth-order valence-corrected chi connectivity index (χ4v) is 1.81. The van der Waals surface area contributed by atoms with E-state index in [0.717, 1.165) is 17.7 Å². The Morgan fingerprint density at radius 3 is 2.26 bits per heavy atom. The van der Waals surface area contributed by atoms with Crippen molar-refractivity contribution in [3.63, 3.8) is 0 Å². The third kappa shape index (κ3) is 5.16. The van der Waals surface area contributed by atoms with Gasteiger partial charge in [-0.1, -0.05) is 31.3 Å². The topological polar surface area (TPSA) is 29.3 Å². The lowest BCUT2D eigenvalue weighted by atomic mass is 10.1. The summed E-state index contributed by atoms with van der Waals surface area (Å²) in [5, 5.41) is 0. The molecule has 19 heavy (non-hydrogen) atoms. The highest BCUT2D eigenvalue weighted by atomic mass is 32.1. The lowest BCUT2D eigenvalue weighted by Crippen LogP contribution is -2.31. The molecule has 1 atom stereocenters. The first-order valence-electron chi connectivity index (χ1n) is 5.84. The van der Waals surface area contributed by atoms with E-state index in [1.54, 1.807) is 0 Å². The normalized spacial score (nSPS) is 13.6. The van der Waals surface area contributed by atoms with Gasteiger partial charge in [0.2, 0.25) is 0 Å². The summed E-state index contributed by atoms with van der Waals surface area (Å²) in [5.41, 5.74) is 5.72. The summed E-state index contributed by atoms with van der Waals surface area (Å²) >= 11 is 4.89. The Balaban J connectivity index is 2.61. The van der Waals surface area contributed by atoms with Crippen molar-refractivity contribution in [3.05, 3.63) is 35.4 Å². The van der Waals surface area contributed by atoms with Gasteiger partial charge in [0.05, 0.1) is 10.6 Å². The largest absolute Gasteiger partial charge is 0.416 e. The molecule has 2 N–H and O–H groups in total. The lowest BCUT2D eigenvalue weighted by molar-refractivity contribution is -0.137. The highest BCUT2D eigenvalue weighted by Crippen LogP contribution is 2.29. The third-order valence-electron chi connectivity index (χ3n) is 2.80. The molecule has 0 aliphatic carbocycles. The smallest absolute Gasteiger partial charge is 0.393 e. The van der Waals surface area contributed by atoms with Crippen molar-refractivity contribution in [3.8, 4) is 0 Å². The number of hydrogen-bond acceptors (Lipinski definition) is 2. The van der Waals surface area contributed by atoms with Crippen molar-refractivity contribution < 1.29 is 13.2 Å². The molecule has 1 unspecified atom stereocenters. The van der Waals surface area contributed by atoms with Crippen LogP contribution in [-0.2, 0) is 12.7 Å². The summed E-state index contributed by atoms with van der Waals surface area (Å²) in [6.45, 7) is 3.16. The van der Waals surface area contributed by atoms with Gasteiger partial charge in [0.25, 0.3) is 0 Å². The Kier molecular flexibility index (Phi) is 5.31. The summed E-state index contributed by atoms with van der Waals surface area (Å²) in [5.74, 6) is 0.0782. The molecule has 0 heterocycles. The van der Waals surface area contributed by atoms with E-state index in [9.17, 15) is 13.2 Å². The minimum atomic E-state index is -4.29. The number of halogens is 3. The molecule has 0 aliphatic heterocycles. The number of rotatable bonds is 5. The van der Waals surface area contributed by atoms with E-state index in [1.165, 1.54) is 12.1 Å². The van der Waals surface area contributed by atoms with Crippen molar-refractivity contribution in [2.75, 3.05) is 13.6 Å². The van der Waals surface area contributed by atoms with E-state index in [1.807, 2.05) is 18.9 Å². The lowest BCUT2D eigenvalue weighted by Gasteiger charge is -2.20. The van der Waals surface area contributed by atoms with Crippen molar-refractivity contribution in [1.82, 2.24) is 4.90 Å². The fourth-order valence-electron chi connectivity index (χ4n) is 1.73. The molecular weight excluding hydrogens is 273 g/mol. The maximum atomic E-state index is 12.4. The molecule has 0 spiro atoms. The number of benzene rings is 1. The van der Waals surface area contributed by atoms with E-state index in [2.05, 4.69) is 0 Å². The summed E-state index contributed by atoms with van der Waals surface area (Å²) in [6.07, 6.45) is -4.29. The summed E-state index contributed by atoms with van der Waals surface area (Å²) in [4.78, 5) is 2.42. The summed E-state index contributed by atoms with van der Waals surface area (Å²) in [6, 6.07) is 5.18. The van der Waals surface area contributed by atoms with Crippen LogP contribution in [-0.4, -0.2) is 23.5 Å². The van der Waals surface area contributed by atoms with Crippen molar-refractivity contribution in [2.24, 2.45) is 11.7 Å². The zero-order valence-corrected chi connectivity index (χ0v) is 11.7. The average Bonchev–Trinajstić information content (AvgIpc) is 2.28. The first kappa shape index (κ1) is 15.9. The predicted molar refractivity (Wildman–Crippen MR) is 73.7 cm³/mol. The van der Waals surface area contributed by atoms with E-state index in [4.69, 9.17) is 18.0 Å². The van der Waals surface area contributed by atoms with Gasteiger partial charge in [-0.2, -0.15) is 13.2 Å². The molecule has 0 aliphatic rings. The van der Waals surface area contributed by atoms with Gasteiger partial charge in [-0.15, -0.1) is 0 Å². The van der Waals surface area contributed by atoms with Crippen LogP contribution in [0.25, 0.3) is 0 Å². The Morgan fingerprint density at radius 1 is 1.32 bits per heavy atom. The van der Waals surface area contributed by atoms with Crippen LogP contribution in [0.2, 0.25) is 0 Å². The van der Waals surface area contributed by atoms with Gasteiger partial charge in [0.1, 0.15) is 0 Å². The Morgan fingerprint density at radius 2 is 1.84 bits per heavy atom. The maximum Gasteiger partial charge on any atom is 0.416 e. The molecule has 1 aromatic rings. The molecule has 0 bridgehead atoms. The van der Waals surface area contributed by atoms with E-state index >= 15 is 0 Å². The third-order valence-corrected chi connectivity index (χ3v) is 3.21. The van der Waals surface area contributed by atoms with Crippen LogP contribution in [0, 0.1) is 5.92 Å². The molecule has 1 rings (SSSR count). The number of hydrogen-bond donors (Lipinski definition) is 1. The van der Waals surface area contributed by atoms with Crippen LogP contribution in [0.4, 0.5) is 13.2 Å². The maximum absolute atomic E-state index is 12.4. The molecule has 2 nitrogen and oxygen atoms in total. The van der Waals surface area contributed by atoms with E-state index in [0.29, 0.717) is 18.1 Å². The molecule has 106 valence electrons. The molecule has 6 heteroatoms. The highest BCUT2D eigenvalue weighted by Gasteiger charge is 2.29. The zero-order chi connectivity index (χ0) is 14.6. The average molecular weight is 290 g/mol. The Bertz CT molecular complexity index is 429. The minimum absolute atomic E-state index is 0.0782. The van der Waals surface area contributed by atoms with Crippen LogP contribution in [0.5, 0.6) is 0 Å². The number of thiocarbonyl (C=S) groups is 1. The first-order chi connectivity index (χ1) is 8.70. The quantitative estimate of drug-likeness (QED) is 0.845. The molecule has 1 aromatic carbocycles. The monoisotopic (exact) mass is 290 g/mol. The molecule has 0 aromatic heterocycles. The van der Waals surface area contributed by atoms with Crippen molar-refractivity contribution in [1.29, 1.82) is 0 Å². The Labute approximate surface area is 116 Å². The van der Waals surface area contributed by atoms with Crippen molar-refractivity contribution in [2.45, 2.75) is 19.6 Å². The molecular formula is C13H17F3N2S. The van der Waals surface area contributed by atoms with Crippen LogP contribution in [0.15, 0.2) is 24.3 Å². The van der Waals surface area contributed by atoms with Crippen molar-refractivity contribution >= 4 is 17.2 Å². The van der Waals surface area contributed by atoms with E-state index < -0.39 is 11.7 Å². The standard InChI is InChI=1S/C13H17F3N2S/c1-9(12(17)19)7-18(2)8-10-3-5-11(6-4-10)13(14,15)16/h3-6,9H,7-8H2,1-2H3,(H2,17,19). The van der Waals surface area contributed by atoms with Gasteiger partial charge in [0, 0.05) is 19.0 Å². The van der Waals surface area contributed by atoms with Crippen LogP contribution < -0.4 is 5.73 Å². The van der Waals surface area contributed by atoms with Gasteiger partial charge in [-0.3, -0.25) is 0 Å². The first-order valence-corrected chi connectivity index (χ1v) is 6.25. The van der Waals surface area contributed by atoms with Crippen LogP contribution in [0.1, 0.15) is 18.1 Å². The van der Waals surface area contributed by atoms with Crippen LogP contribution in [0.3, 0.4) is 0 Å². The van der Waals surface area contributed by atoms with Gasteiger partial charge in [-0.25, -0.2) is 0 Å². The molecule has 0 saturated heterocycles. The van der Waals surface area contributed by atoms with Gasteiger partial charge in [-0.05, 0) is 24.7 Å². The second-order valence-corrected chi connectivity index (χ2v) is 5.17. The van der Waals surface area contributed by atoms with Gasteiger partial charge >= 0.3 is 6.18 Å². The SMILES string of the molecule is CC(CN(C)Cc1ccc(C(F)(F)F)cc1)C(N)=S. The zero-order valence-electron chi connectivity index (χ0n) is 10.9. The molecule has 0 amide bonds. The minimum Gasteiger partial charge on any atom is -0.393 e.